The lowest BCUT2D eigenvalue weighted by Gasteiger charge is -2.43. The monoisotopic (exact) mass is 633 g/mol. The minimum absolute atomic E-state index is 0.0246. The second kappa shape index (κ2) is 9.60. The van der Waals surface area contributed by atoms with Gasteiger partial charge in [0, 0.05) is 37.5 Å². The maximum atomic E-state index is 10.8. The molecule has 5 atom stereocenters. The number of rotatable bonds is 4. The predicted octanol–water partition coefficient (Wildman–Crippen LogP) is 4.03. The predicted molar refractivity (Wildman–Crippen MR) is 153 cm³/mol. The normalized spacial score (nSPS) is 31.9. The lowest BCUT2D eigenvalue weighted by Crippen LogP contribution is -2.48. The number of morpholine rings is 1. The van der Waals surface area contributed by atoms with Crippen LogP contribution in [0, 0.1) is 3.70 Å². The first-order valence-corrected chi connectivity index (χ1v) is 15.1. The largest absolute Gasteiger partial charge is 0.390 e. The first-order chi connectivity index (χ1) is 18.4. The molecule has 3 aromatic rings. The average molecular weight is 634 g/mol. The quantitative estimate of drug-likeness (QED) is 0.431. The number of aromatic nitrogens is 5. The van der Waals surface area contributed by atoms with E-state index in [-0.39, 0.29) is 12.3 Å². The number of hydrogen-bond donors (Lipinski definition) is 1. The number of halogens is 1. The highest BCUT2D eigenvalue weighted by molar-refractivity contribution is 14.1. The highest BCUT2D eigenvalue weighted by atomic mass is 127. The first kappa shape index (κ1) is 25.0. The summed E-state index contributed by atoms with van der Waals surface area (Å²) in [6, 6.07) is 5.17. The van der Waals surface area contributed by atoms with E-state index in [1.807, 2.05) is 28.6 Å². The molecule has 0 spiro atoms. The SMILES string of the molecule is C[C@@H]1CC(C)(O)CCN1c1cc(N2C3CCC2COC3)nc2c1c(I)nn2-c1ccn(C2CCCCO2)n1. The fourth-order valence-corrected chi connectivity index (χ4v) is 7.62. The van der Waals surface area contributed by atoms with E-state index in [1.165, 1.54) is 0 Å². The molecule has 0 aromatic carbocycles. The van der Waals surface area contributed by atoms with Gasteiger partial charge < -0.3 is 24.4 Å². The fourth-order valence-electron chi connectivity index (χ4n) is 6.89. The van der Waals surface area contributed by atoms with Crippen LogP contribution in [-0.2, 0) is 9.47 Å². The Kier molecular flexibility index (Phi) is 6.32. The Morgan fingerprint density at radius 1 is 1.11 bits per heavy atom. The van der Waals surface area contributed by atoms with Gasteiger partial charge in [0.15, 0.2) is 11.5 Å². The topological polar surface area (TPSA) is 93.7 Å². The van der Waals surface area contributed by atoms with Crippen LogP contribution in [0.1, 0.15) is 65.0 Å². The number of nitrogens with zero attached hydrogens (tertiary/aromatic N) is 7. The maximum absolute atomic E-state index is 10.8. The summed E-state index contributed by atoms with van der Waals surface area (Å²) in [5.41, 5.74) is 1.33. The Labute approximate surface area is 236 Å². The highest BCUT2D eigenvalue weighted by Gasteiger charge is 2.40. The van der Waals surface area contributed by atoms with Crippen LogP contribution < -0.4 is 9.80 Å². The van der Waals surface area contributed by atoms with Crippen molar-refractivity contribution in [3.63, 3.8) is 0 Å². The van der Waals surface area contributed by atoms with Gasteiger partial charge >= 0.3 is 0 Å². The van der Waals surface area contributed by atoms with Crippen LogP contribution in [0.5, 0.6) is 0 Å². The Hall–Kier alpha value is -1.96. The molecule has 7 rings (SSSR count). The van der Waals surface area contributed by atoms with Gasteiger partial charge in [0.05, 0.1) is 42.0 Å². The molecule has 38 heavy (non-hydrogen) atoms. The molecule has 0 aliphatic carbocycles. The summed E-state index contributed by atoms with van der Waals surface area (Å²) < 4.78 is 16.6. The summed E-state index contributed by atoms with van der Waals surface area (Å²) in [5.74, 6) is 1.74. The molecule has 1 N–H and O–H groups in total. The summed E-state index contributed by atoms with van der Waals surface area (Å²) in [4.78, 5) is 10.2. The molecule has 3 aromatic heterocycles. The van der Waals surface area contributed by atoms with E-state index < -0.39 is 5.60 Å². The van der Waals surface area contributed by atoms with Gasteiger partial charge in [-0.15, -0.1) is 0 Å². The van der Waals surface area contributed by atoms with Crippen LogP contribution in [0.3, 0.4) is 0 Å². The zero-order valence-corrected chi connectivity index (χ0v) is 24.2. The lowest BCUT2D eigenvalue weighted by molar-refractivity contribution is -0.0395. The van der Waals surface area contributed by atoms with E-state index >= 15 is 0 Å². The third-order valence-corrected chi connectivity index (χ3v) is 9.55. The molecule has 4 saturated heterocycles. The molecule has 0 saturated carbocycles. The molecule has 4 aliphatic heterocycles. The van der Waals surface area contributed by atoms with Crippen LogP contribution in [0.15, 0.2) is 18.3 Å². The fraction of sp³-hybridized carbons (Fsp3) is 0.667. The van der Waals surface area contributed by atoms with Crippen LogP contribution in [0.4, 0.5) is 11.5 Å². The van der Waals surface area contributed by atoms with Crippen molar-refractivity contribution in [3.8, 4) is 5.82 Å². The smallest absolute Gasteiger partial charge is 0.177 e. The molecule has 4 fully saturated rings. The van der Waals surface area contributed by atoms with Gasteiger partial charge in [-0.25, -0.2) is 9.67 Å². The highest BCUT2D eigenvalue weighted by Crippen LogP contribution is 2.41. The number of piperidine rings is 1. The van der Waals surface area contributed by atoms with Gasteiger partial charge in [-0.3, -0.25) is 0 Å². The summed E-state index contributed by atoms with van der Waals surface area (Å²) in [7, 11) is 0. The Morgan fingerprint density at radius 3 is 2.66 bits per heavy atom. The lowest BCUT2D eigenvalue weighted by atomic mass is 9.88. The van der Waals surface area contributed by atoms with E-state index in [4.69, 9.17) is 24.7 Å². The van der Waals surface area contributed by atoms with Crippen LogP contribution >= 0.6 is 22.6 Å². The Bertz CT molecular complexity index is 1320. The summed E-state index contributed by atoms with van der Waals surface area (Å²) in [6.07, 6.45) is 8.92. The first-order valence-electron chi connectivity index (χ1n) is 14.0. The standard InChI is InChI=1S/C27H36IN7O3/c1-17-14-27(2,36)9-11-32(17)20-13-22(34-18-6-7-19(34)16-37-15-18)29-26-24(20)25(28)31-35(26)21-8-10-33(30-21)23-5-3-4-12-38-23/h8,10,13,17-19,23,36H,3-7,9,11-12,14-16H2,1-2H3/t17-,18?,19?,23?,27?/m1/s1. The van der Waals surface area contributed by atoms with Crippen molar-refractivity contribution in [2.45, 2.75) is 88.7 Å². The second-order valence-corrected chi connectivity index (χ2v) is 12.7. The zero-order chi connectivity index (χ0) is 26.0. The number of pyridine rings is 1. The van der Waals surface area contributed by atoms with Crippen LogP contribution in [0.2, 0.25) is 0 Å². The summed E-state index contributed by atoms with van der Waals surface area (Å²) in [6.45, 7) is 7.22. The van der Waals surface area contributed by atoms with Gasteiger partial charge in [0.1, 0.15) is 15.7 Å². The zero-order valence-electron chi connectivity index (χ0n) is 22.1. The Balaban J connectivity index is 1.36. The number of hydrogen-bond acceptors (Lipinski definition) is 8. The van der Waals surface area contributed by atoms with Gasteiger partial charge in [-0.1, -0.05) is 0 Å². The van der Waals surface area contributed by atoms with Crippen molar-refractivity contribution in [2.75, 3.05) is 36.2 Å². The number of ether oxygens (including phenoxy) is 2. The van der Waals surface area contributed by atoms with Crippen LogP contribution in [0.25, 0.3) is 16.9 Å². The molecule has 0 radical (unpaired) electrons. The van der Waals surface area contributed by atoms with Gasteiger partial charge in [-0.2, -0.15) is 14.9 Å². The van der Waals surface area contributed by atoms with Gasteiger partial charge in [0.2, 0.25) is 0 Å². The molecule has 204 valence electrons. The number of fused-ring (bicyclic) bond motifs is 3. The molecule has 7 heterocycles. The van der Waals surface area contributed by atoms with Crippen molar-refractivity contribution in [2.24, 2.45) is 0 Å². The van der Waals surface area contributed by atoms with E-state index in [0.717, 1.165) is 103 Å². The molecule has 4 unspecified atom stereocenters. The summed E-state index contributed by atoms with van der Waals surface area (Å²) >= 11 is 2.34. The van der Waals surface area contributed by atoms with Crippen molar-refractivity contribution in [1.29, 1.82) is 0 Å². The van der Waals surface area contributed by atoms with Crippen molar-refractivity contribution in [1.82, 2.24) is 24.5 Å². The molecular weight excluding hydrogens is 597 g/mol. The summed E-state index contributed by atoms with van der Waals surface area (Å²) in [5, 5.41) is 21.7. The van der Waals surface area contributed by atoms with E-state index in [1.54, 1.807) is 0 Å². The number of aliphatic hydroxyl groups is 1. The Morgan fingerprint density at radius 2 is 1.92 bits per heavy atom. The van der Waals surface area contributed by atoms with E-state index in [0.29, 0.717) is 12.1 Å². The van der Waals surface area contributed by atoms with E-state index in [9.17, 15) is 5.11 Å². The van der Waals surface area contributed by atoms with Gasteiger partial charge in [0.25, 0.3) is 0 Å². The molecule has 0 amide bonds. The van der Waals surface area contributed by atoms with Gasteiger partial charge in [-0.05, 0) is 81.4 Å². The number of anilines is 2. The third-order valence-electron chi connectivity index (χ3n) is 8.80. The minimum atomic E-state index is -0.639. The molecule has 2 bridgehead atoms. The molecular formula is C27H36IN7O3. The molecule has 11 heteroatoms. The molecule has 4 aliphatic rings. The van der Waals surface area contributed by atoms with Crippen LogP contribution in [-0.4, -0.2) is 79.7 Å². The minimum Gasteiger partial charge on any atom is -0.390 e. The van der Waals surface area contributed by atoms with E-state index in [2.05, 4.69) is 45.4 Å². The second-order valence-electron chi connectivity index (χ2n) is 11.7. The van der Waals surface area contributed by atoms with Crippen molar-refractivity contribution in [3.05, 3.63) is 22.0 Å². The maximum Gasteiger partial charge on any atom is 0.177 e. The third kappa shape index (κ3) is 4.29. The molecule has 10 nitrogen and oxygen atoms in total. The average Bonchev–Trinajstić information content (AvgIpc) is 3.58. The van der Waals surface area contributed by atoms with Crippen molar-refractivity contribution < 1.29 is 14.6 Å². The van der Waals surface area contributed by atoms with Crippen molar-refractivity contribution >= 4 is 45.1 Å².